The molecule has 2 heteroatoms. The number of hydrogen-bond donors (Lipinski definition) is 1. The van der Waals surface area contributed by atoms with Gasteiger partial charge in [-0.15, -0.1) is 0 Å². The van der Waals surface area contributed by atoms with Crippen LogP contribution < -0.4 is 5.32 Å². The van der Waals surface area contributed by atoms with Crippen molar-refractivity contribution in [2.24, 2.45) is 0 Å². The summed E-state index contributed by atoms with van der Waals surface area (Å²) in [5.41, 5.74) is 2.62. The summed E-state index contributed by atoms with van der Waals surface area (Å²) in [6, 6.07) is 14.8. The zero-order valence-electron chi connectivity index (χ0n) is 10.9. The number of anilines is 1. The zero-order valence-corrected chi connectivity index (χ0v) is 10.9. The Balaban J connectivity index is 1.63. The van der Waals surface area contributed by atoms with Crippen LogP contribution in [0.4, 0.5) is 5.82 Å². The largest absolute Gasteiger partial charge is 0.370 e. The van der Waals surface area contributed by atoms with Crippen molar-refractivity contribution in [3.05, 3.63) is 59.8 Å². The van der Waals surface area contributed by atoms with Crippen LogP contribution in [0.3, 0.4) is 0 Å². The second-order valence-electron chi connectivity index (χ2n) is 4.59. The van der Waals surface area contributed by atoms with Crippen LogP contribution in [0.25, 0.3) is 0 Å². The molecule has 0 aliphatic rings. The molecule has 0 aliphatic heterocycles. The number of rotatable bonds is 6. The lowest BCUT2D eigenvalue weighted by Crippen LogP contribution is -2.03. The molecule has 0 atom stereocenters. The molecule has 1 N–H and O–H groups in total. The SMILES string of the molecule is Cc1ccc(NCCCCc2ccccc2)nc1. The van der Waals surface area contributed by atoms with Gasteiger partial charge in [-0.2, -0.15) is 0 Å². The highest BCUT2D eigenvalue weighted by atomic mass is 15.0. The van der Waals surface area contributed by atoms with Gasteiger partial charge in [0.15, 0.2) is 0 Å². The topological polar surface area (TPSA) is 24.9 Å². The van der Waals surface area contributed by atoms with E-state index in [-0.39, 0.29) is 0 Å². The molecule has 0 saturated heterocycles. The van der Waals surface area contributed by atoms with Gasteiger partial charge in [-0.3, -0.25) is 0 Å². The maximum Gasteiger partial charge on any atom is 0.125 e. The molecule has 0 aliphatic carbocycles. The normalized spacial score (nSPS) is 10.3. The van der Waals surface area contributed by atoms with Crippen molar-refractivity contribution < 1.29 is 0 Å². The van der Waals surface area contributed by atoms with Crippen LogP contribution in [-0.2, 0) is 6.42 Å². The van der Waals surface area contributed by atoms with E-state index >= 15 is 0 Å². The highest BCUT2D eigenvalue weighted by Gasteiger charge is 1.94. The Morgan fingerprint density at radius 3 is 2.56 bits per heavy atom. The molecule has 1 aromatic heterocycles. The van der Waals surface area contributed by atoms with Crippen molar-refractivity contribution in [3.8, 4) is 0 Å². The van der Waals surface area contributed by atoms with E-state index in [0.717, 1.165) is 18.8 Å². The number of pyridine rings is 1. The van der Waals surface area contributed by atoms with Crippen molar-refractivity contribution in [3.63, 3.8) is 0 Å². The Hall–Kier alpha value is -1.83. The Morgan fingerprint density at radius 2 is 1.83 bits per heavy atom. The fourth-order valence-electron chi connectivity index (χ4n) is 1.89. The first-order chi connectivity index (χ1) is 8.84. The van der Waals surface area contributed by atoms with Crippen molar-refractivity contribution >= 4 is 5.82 Å². The van der Waals surface area contributed by atoms with Crippen LogP contribution in [0, 0.1) is 6.92 Å². The van der Waals surface area contributed by atoms with Crippen LogP contribution in [0.1, 0.15) is 24.0 Å². The van der Waals surface area contributed by atoms with Gasteiger partial charge in [-0.05, 0) is 43.4 Å². The van der Waals surface area contributed by atoms with Crippen LogP contribution in [0.5, 0.6) is 0 Å². The highest BCUT2D eigenvalue weighted by molar-refractivity contribution is 5.34. The quantitative estimate of drug-likeness (QED) is 0.776. The van der Waals surface area contributed by atoms with Gasteiger partial charge in [-0.25, -0.2) is 4.98 Å². The molecular weight excluding hydrogens is 220 g/mol. The van der Waals surface area contributed by atoms with Crippen LogP contribution in [-0.4, -0.2) is 11.5 Å². The summed E-state index contributed by atoms with van der Waals surface area (Å²) in [7, 11) is 0. The van der Waals surface area contributed by atoms with E-state index in [1.165, 1.54) is 24.0 Å². The smallest absolute Gasteiger partial charge is 0.125 e. The molecule has 0 spiro atoms. The molecule has 1 aromatic carbocycles. The predicted octanol–water partition coefficient (Wildman–Crippen LogP) is 3.82. The van der Waals surface area contributed by atoms with Crippen LogP contribution in [0.2, 0.25) is 0 Å². The maximum atomic E-state index is 4.32. The van der Waals surface area contributed by atoms with Gasteiger partial charge in [0.1, 0.15) is 5.82 Å². The fraction of sp³-hybridized carbons (Fsp3) is 0.312. The number of nitrogens with zero attached hydrogens (tertiary/aromatic N) is 1. The van der Waals surface area contributed by atoms with E-state index in [4.69, 9.17) is 0 Å². The summed E-state index contributed by atoms with van der Waals surface area (Å²) in [6.45, 7) is 3.04. The molecular formula is C16H20N2. The maximum absolute atomic E-state index is 4.32. The number of aromatic nitrogens is 1. The van der Waals surface area contributed by atoms with Crippen molar-refractivity contribution in [1.82, 2.24) is 4.98 Å². The van der Waals surface area contributed by atoms with E-state index in [2.05, 4.69) is 53.6 Å². The number of aryl methyl sites for hydroxylation is 2. The second kappa shape index (κ2) is 6.80. The van der Waals surface area contributed by atoms with Gasteiger partial charge in [0.2, 0.25) is 0 Å². The predicted molar refractivity (Wildman–Crippen MR) is 76.8 cm³/mol. The molecule has 94 valence electrons. The minimum atomic E-state index is 0.973. The molecule has 0 saturated carbocycles. The average Bonchev–Trinajstić information content (AvgIpc) is 2.42. The Bertz CT molecular complexity index is 448. The van der Waals surface area contributed by atoms with Crippen molar-refractivity contribution in [2.75, 3.05) is 11.9 Å². The lowest BCUT2D eigenvalue weighted by atomic mass is 10.1. The third-order valence-electron chi connectivity index (χ3n) is 2.95. The molecule has 2 aromatic rings. The van der Waals surface area contributed by atoms with Crippen LogP contribution >= 0.6 is 0 Å². The highest BCUT2D eigenvalue weighted by Crippen LogP contribution is 2.06. The first-order valence-corrected chi connectivity index (χ1v) is 6.55. The molecule has 0 bridgehead atoms. The second-order valence-corrected chi connectivity index (χ2v) is 4.59. The molecule has 0 amide bonds. The van der Waals surface area contributed by atoms with E-state index in [0.29, 0.717) is 0 Å². The molecule has 0 radical (unpaired) electrons. The van der Waals surface area contributed by atoms with Gasteiger partial charge in [0.05, 0.1) is 0 Å². The Morgan fingerprint density at radius 1 is 1.00 bits per heavy atom. The minimum absolute atomic E-state index is 0.973. The number of nitrogens with one attached hydrogen (secondary N) is 1. The van der Waals surface area contributed by atoms with Gasteiger partial charge >= 0.3 is 0 Å². The van der Waals surface area contributed by atoms with E-state index in [9.17, 15) is 0 Å². The molecule has 0 unspecified atom stereocenters. The third kappa shape index (κ3) is 4.21. The Labute approximate surface area is 109 Å². The van der Waals surface area contributed by atoms with Gasteiger partial charge in [0.25, 0.3) is 0 Å². The molecule has 18 heavy (non-hydrogen) atoms. The summed E-state index contributed by atoms with van der Waals surface area (Å²) >= 11 is 0. The number of hydrogen-bond acceptors (Lipinski definition) is 2. The zero-order chi connectivity index (χ0) is 12.6. The first kappa shape index (κ1) is 12.6. The number of benzene rings is 1. The average molecular weight is 240 g/mol. The third-order valence-corrected chi connectivity index (χ3v) is 2.95. The van der Waals surface area contributed by atoms with E-state index in [1.807, 2.05) is 12.3 Å². The lowest BCUT2D eigenvalue weighted by molar-refractivity contribution is 0.761. The van der Waals surface area contributed by atoms with E-state index in [1.54, 1.807) is 0 Å². The van der Waals surface area contributed by atoms with E-state index < -0.39 is 0 Å². The van der Waals surface area contributed by atoms with Gasteiger partial charge < -0.3 is 5.32 Å². The lowest BCUT2D eigenvalue weighted by Gasteiger charge is -2.05. The molecule has 2 nitrogen and oxygen atoms in total. The first-order valence-electron chi connectivity index (χ1n) is 6.55. The monoisotopic (exact) mass is 240 g/mol. The summed E-state index contributed by atoms with van der Waals surface area (Å²) < 4.78 is 0. The number of unbranched alkanes of at least 4 members (excludes halogenated alkanes) is 1. The standard InChI is InChI=1S/C16H20N2/c1-14-10-11-16(18-13-14)17-12-6-5-9-15-7-3-2-4-8-15/h2-4,7-8,10-11,13H,5-6,9,12H2,1H3,(H,17,18). The fourth-order valence-corrected chi connectivity index (χ4v) is 1.89. The Kier molecular flexibility index (Phi) is 4.77. The van der Waals surface area contributed by atoms with Gasteiger partial charge in [-0.1, -0.05) is 36.4 Å². The van der Waals surface area contributed by atoms with Gasteiger partial charge in [0, 0.05) is 12.7 Å². The summed E-state index contributed by atoms with van der Waals surface area (Å²) in [5, 5.41) is 3.35. The van der Waals surface area contributed by atoms with Crippen LogP contribution in [0.15, 0.2) is 48.7 Å². The van der Waals surface area contributed by atoms with Crippen molar-refractivity contribution in [2.45, 2.75) is 26.2 Å². The van der Waals surface area contributed by atoms with Crippen molar-refractivity contribution in [1.29, 1.82) is 0 Å². The minimum Gasteiger partial charge on any atom is -0.370 e. The molecule has 1 heterocycles. The molecule has 0 fully saturated rings. The summed E-state index contributed by atoms with van der Waals surface area (Å²) in [4.78, 5) is 4.32. The summed E-state index contributed by atoms with van der Waals surface area (Å²) in [6.07, 6.45) is 5.43. The summed E-state index contributed by atoms with van der Waals surface area (Å²) in [5.74, 6) is 0.973. The molecule has 2 rings (SSSR count).